The largest absolute Gasteiger partial charge is 0.494 e. The molecule has 0 saturated carbocycles. The second-order valence-corrected chi connectivity index (χ2v) is 5.62. The van der Waals surface area contributed by atoms with Crippen LogP contribution in [0.5, 0.6) is 11.5 Å². The van der Waals surface area contributed by atoms with Gasteiger partial charge in [-0.25, -0.2) is 9.97 Å². The van der Waals surface area contributed by atoms with E-state index < -0.39 is 0 Å². The van der Waals surface area contributed by atoms with Crippen LogP contribution in [0.3, 0.4) is 0 Å². The summed E-state index contributed by atoms with van der Waals surface area (Å²) in [4.78, 5) is 33.1. The number of carbonyl (C=O) groups is 1. The number of carbonyl (C=O) groups excluding carboxylic acids is 1. The fraction of sp³-hybridized carbons (Fsp3) is 0.263. The fourth-order valence-corrected chi connectivity index (χ4v) is 2.60. The van der Waals surface area contributed by atoms with Crippen LogP contribution in [-0.4, -0.2) is 33.7 Å². The van der Waals surface area contributed by atoms with Gasteiger partial charge in [-0.3, -0.25) is 14.2 Å². The molecule has 8 heteroatoms. The lowest BCUT2D eigenvalue weighted by Crippen LogP contribution is -2.28. The van der Waals surface area contributed by atoms with Crippen molar-refractivity contribution in [3.05, 3.63) is 53.2 Å². The van der Waals surface area contributed by atoms with Crippen LogP contribution in [0.1, 0.15) is 13.8 Å². The monoisotopic (exact) mass is 368 g/mol. The van der Waals surface area contributed by atoms with Crippen LogP contribution < -0.4 is 20.3 Å². The van der Waals surface area contributed by atoms with Crippen molar-refractivity contribution in [3.63, 3.8) is 0 Å². The number of rotatable bonds is 7. The molecule has 2 heterocycles. The van der Waals surface area contributed by atoms with Crippen LogP contribution in [-0.2, 0) is 11.3 Å². The summed E-state index contributed by atoms with van der Waals surface area (Å²) in [6, 6.07) is 8.49. The number of amides is 1. The van der Waals surface area contributed by atoms with Gasteiger partial charge in [0.05, 0.1) is 24.3 Å². The quantitative estimate of drug-likeness (QED) is 0.687. The van der Waals surface area contributed by atoms with Gasteiger partial charge in [-0.1, -0.05) is 0 Å². The Bertz CT molecular complexity index is 1020. The lowest BCUT2D eigenvalue weighted by atomic mass is 10.2. The van der Waals surface area contributed by atoms with Gasteiger partial charge in [0.25, 0.3) is 5.56 Å². The molecule has 1 N–H and O–H groups in total. The summed E-state index contributed by atoms with van der Waals surface area (Å²) in [6.07, 6.45) is 2.88. The van der Waals surface area contributed by atoms with E-state index in [1.54, 1.807) is 36.5 Å². The first-order chi connectivity index (χ1) is 13.1. The van der Waals surface area contributed by atoms with Gasteiger partial charge in [-0.2, -0.15) is 0 Å². The minimum atomic E-state index is -0.378. The maximum absolute atomic E-state index is 12.5. The lowest BCUT2D eigenvalue weighted by molar-refractivity contribution is -0.116. The Morgan fingerprint density at radius 2 is 1.96 bits per heavy atom. The molecular formula is C19H20N4O4. The zero-order valence-corrected chi connectivity index (χ0v) is 15.1. The smallest absolute Gasteiger partial charge is 0.263 e. The maximum Gasteiger partial charge on any atom is 0.263 e. The molecule has 0 atom stereocenters. The van der Waals surface area contributed by atoms with Crippen LogP contribution in [0.25, 0.3) is 11.0 Å². The summed E-state index contributed by atoms with van der Waals surface area (Å²) in [5, 5.41) is 3.13. The molecule has 0 unspecified atom stereocenters. The third-order valence-electron chi connectivity index (χ3n) is 3.75. The van der Waals surface area contributed by atoms with E-state index in [-0.39, 0.29) is 18.0 Å². The highest BCUT2D eigenvalue weighted by Gasteiger charge is 2.12. The number of pyridine rings is 1. The summed E-state index contributed by atoms with van der Waals surface area (Å²) < 4.78 is 12.3. The molecule has 8 nitrogen and oxygen atoms in total. The molecule has 0 bridgehead atoms. The Labute approximate surface area is 155 Å². The summed E-state index contributed by atoms with van der Waals surface area (Å²) in [5.74, 6) is 0.770. The van der Waals surface area contributed by atoms with Crippen molar-refractivity contribution < 1.29 is 14.3 Å². The molecule has 27 heavy (non-hydrogen) atoms. The van der Waals surface area contributed by atoms with E-state index in [0.717, 1.165) is 0 Å². The van der Waals surface area contributed by atoms with E-state index >= 15 is 0 Å². The van der Waals surface area contributed by atoms with E-state index in [1.807, 2.05) is 13.8 Å². The first-order valence-corrected chi connectivity index (χ1v) is 8.62. The first kappa shape index (κ1) is 18.4. The van der Waals surface area contributed by atoms with E-state index in [4.69, 9.17) is 9.47 Å². The minimum absolute atomic E-state index is 0.179. The number of nitrogens with zero attached hydrogens (tertiary/aromatic N) is 3. The van der Waals surface area contributed by atoms with Gasteiger partial charge >= 0.3 is 0 Å². The molecule has 140 valence electrons. The fourth-order valence-electron chi connectivity index (χ4n) is 2.60. The van der Waals surface area contributed by atoms with Crippen LogP contribution in [0.4, 0.5) is 5.69 Å². The Morgan fingerprint density at radius 1 is 1.15 bits per heavy atom. The highest BCUT2D eigenvalue weighted by atomic mass is 16.5. The average Bonchev–Trinajstić information content (AvgIpc) is 2.67. The van der Waals surface area contributed by atoms with E-state index in [9.17, 15) is 9.59 Å². The highest BCUT2D eigenvalue weighted by molar-refractivity contribution is 5.92. The van der Waals surface area contributed by atoms with Gasteiger partial charge in [-0.05, 0) is 38.1 Å². The SMILES string of the molecule is CCOc1ccc(OCC)c(NC(=O)Cn2cnc3ncccc3c2=O)c1. The third kappa shape index (κ3) is 4.22. The van der Waals surface area contributed by atoms with Crippen molar-refractivity contribution in [2.24, 2.45) is 0 Å². The maximum atomic E-state index is 12.5. The third-order valence-corrected chi connectivity index (χ3v) is 3.75. The zero-order chi connectivity index (χ0) is 19.2. The molecule has 0 aliphatic rings. The Morgan fingerprint density at radius 3 is 2.74 bits per heavy atom. The number of benzene rings is 1. The van der Waals surface area contributed by atoms with Crippen LogP contribution >= 0.6 is 0 Å². The van der Waals surface area contributed by atoms with Crippen molar-refractivity contribution in [2.45, 2.75) is 20.4 Å². The second-order valence-electron chi connectivity index (χ2n) is 5.62. The predicted octanol–water partition coefficient (Wildman–Crippen LogP) is 2.23. The molecule has 0 radical (unpaired) electrons. The molecule has 1 aromatic carbocycles. The van der Waals surface area contributed by atoms with Gasteiger partial charge < -0.3 is 14.8 Å². The average molecular weight is 368 g/mol. The van der Waals surface area contributed by atoms with E-state index in [2.05, 4.69) is 15.3 Å². The number of aromatic nitrogens is 3. The second kappa shape index (κ2) is 8.31. The molecule has 0 aliphatic heterocycles. The predicted molar refractivity (Wildman–Crippen MR) is 101 cm³/mol. The Hall–Kier alpha value is -3.42. The minimum Gasteiger partial charge on any atom is -0.494 e. The van der Waals surface area contributed by atoms with Crippen molar-refractivity contribution >= 4 is 22.6 Å². The zero-order valence-electron chi connectivity index (χ0n) is 15.1. The van der Waals surface area contributed by atoms with Crippen LogP contribution in [0, 0.1) is 0 Å². The topological polar surface area (TPSA) is 95.3 Å². The standard InChI is InChI=1S/C19H20N4O4/c1-3-26-13-7-8-16(27-4-2)15(10-13)22-17(24)11-23-12-21-18-14(19(23)25)6-5-9-20-18/h5-10,12H,3-4,11H2,1-2H3,(H,22,24). The number of nitrogens with one attached hydrogen (secondary N) is 1. The van der Waals surface area contributed by atoms with Crippen molar-refractivity contribution in [3.8, 4) is 11.5 Å². The Kier molecular flexibility index (Phi) is 5.65. The number of ether oxygens (including phenoxy) is 2. The van der Waals surface area contributed by atoms with Crippen molar-refractivity contribution in [1.29, 1.82) is 0 Å². The summed E-state index contributed by atoms with van der Waals surface area (Å²) in [7, 11) is 0. The normalized spacial score (nSPS) is 10.6. The van der Waals surface area contributed by atoms with Crippen LogP contribution in [0.2, 0.25) is 0 Å². The van der Waals surface area contributed by atoms with Gasteiger partial charge in [0.1, 0.15) is 24.4 Å². The molecular weight excluding hydrogens is 348 g/mol. The summed E-state index contributed by atoms with van der Waals surface area (Å²) in [5.41, 5.74) is 0.509. The van der Waals surface area contributed by atoms with Gasteiger partial charge in [0.2, 0.25) is 5.91 Å². The van der Waals surface area contributed by atoms with Gasteiger partial charge in [-0.15, -0.1) is 0 Å². The first-order valence-electron chi connectivity index (χ1n) is 8.62. The van der Waals surface area contributed by atoms with Gasteiger partial charge in [0.15, 0.2) is 5.65 Å². The molecule has 0 spiro atoms. The number of anilines is 1. The molecule has 0 fully saturated rings. The van der Waals surface area contributed by atoms with E-state index in [1.165, 1.54) is 10.9 Å². The summed E-state index contributed by atoms with van der Waals surface area (Å²) in [6.45, 7) is 4.52. The van der Waals surface area contributed by atoms with Crippen molar-refractivity contribution in [2.75, 3.05) is 18.5 Å². The molecule has 2 aromatic heterocycles. The molecule has 0 saturated heterocycles. The summed E-state index contributed by atoms with van der Waals surface area (Å²) >= 11 is 0. The van der Waals surface area contributed by atoms with Crippen molar-refractivity contribution in [1.82, 2.24) is 14.5 Å². The highest BCUT2D eigenvalue weighted by Crippen LogP contribution is 2.29. The molecule has 0 aliphatic carbocycles. The Balaban J connectivity index is 1.82. The number of hydrogen-bond acceptors (Lipinski definition) is 6. The lowest BCUT2D eigenvalue weighted by Gasteiger charge is -2.14. The molecule has 3 rings (SSSR count). The van der Waals surface area contributed by atoms with Gasteiger partial charge in [0, 0.05) is 12.3 Å². The molecule has 3 aromatic rings. The number of fused-ring (bicyclic) bond motifs is 1. The molecule has 1 amide bonds. The number of hydrogen-bond donors (Lipinski definition) is 1. The van der Waals surface area contributed by atoms with E-state index in [0.29, 0.717) is 41.4 Å². The van der Waals surface area contributed by atoms with Crippen LogP contribution in [0.15, 0.2) is 47.7 Å².